The molecule has 30 heavy (non-hydrogen) atoms. The molecule has 6 nitrogen and oxygen atoms in total. The number of thiophene rings is 1. The molecule has 2 amide bonds. The zero-order valence-electron chi connectivity index (χ0n) is 17.3. The summed E-state index contributed by atoms with van der Waals surface area (Å²) in [7, 11) is 0. The first-order valence-corrected chi connectivity index (χ1v) is 10.8. The van der Waals surface area contributed by atoms with Crippen molar-refractivity contribution < 1.29 is 23.5 Å². The molecule has 1 aliphatic rings. The fourth-order valence-electron chi connectivity index (χ4n) is 3.50. The molecule has 8 heteroatoms. The summed E-state index contributed by atoms with van der Waals surface area (Å²) < 4.78 is 18.2. The third-order valence-electron chi connectivity index (χ3n) is 5.35. The number of aryl methyl sites for hydroxylation is 1. The molecule has 0 unspecified atom stereocenters. The standard InChI is InChI=1S/C22H25FN2O4S/c1-4-29-22(28)18-13(2)14(3)30-20(18)24-19(26)15-9-11-25(12-10-15)21(27)16-5-7-17(23)8-6-16/h5-8,15H,4,9-12H2,1-3H3,(H,24,26). The summed E-state index contributed by atoms with van der Waals surface area (Å²) in [5.74, 6) is -1.39. The van der Waals surface area contributed by atoms with Gasteiger partial charge in [0.1, 0.15) is 10.8 Å². The number of benzene rings is 1. The smallest absolute Gasteiger partial charge is 0.341 e. The molecule has 1 aliphatic heterocycles. The number of esters is 1. The van der Waals surface area contributed by atoms with Gasteiger partial charge in [-0.05, 0) is 63.4 Å². The lowest BCUT2D eigenvalue weighted by atomic mass is 9.95. The molecule has 1 aromatic carbocycles. The Balaban J connectivity index is 1.62. The van der Waals surface area contributed by atoms with Crippen LogP contribution in [0.5, 0.6) is 0 Å². The summed E-state index contributed by atoms with van der Waals surface area (Å²) in [6, 6.07) is 5.46. The number of nitrogens with zero attached hydrogens (tertiary/aromatic N) is 1. The van der Waals surface area contributed by atoms with Gasteiger partial charge in [-0.2, -0.15) is 0 Å². The Hall–Kier alpha value is -2.74. The van der Waals surface area contributed by atoms with E-state index in [1.54, 1.807) is 11.8 Å². The number of halogens is 1. The van der Waals surface area contributed by atoms with Crippen molar-refractivity contribution in [2.45, 2.75) is 33.6 Å². The summed E-state index contributed by atoms with van der Waals surface area (Å²) in [4.78, 5) is 40.3. The zero-order valence-corrected chi connectivity index (χ0v) is 18.1. The van der Waals surface area contributed by atoms with E-state index in [0.717, 1.165) is 10.4 Å². The van der Waals surface area contributed by atoms with E-state index in [9.17, 15) is 18.8 Å². The fourth-order valence-corrected chi connectivity index (χ4v) is 4.55. The molecule has 160 valence electrons. The first-order valence-electron chi connectivity index (χ1n) is 9.94. The first kappa shape index (κ1) is 22.0. The van der Waals surface area contributed by atoms with E-state index in [0.29, 0.717) is 42.1 Å². The van der Waals surface area contributed by atoms with Gasteiger partial charge in [0.15, 0.2) is 0 Å². The van der Waals surface area contributed by atoms with Crippen LogP contribution in [0.2, 0.25) is 0 Å². The van der Waals surface area contributed by atoms with Crippen LogP contribution in [0.25, 0.3) is 0 Å². The molecular weight excluding hydrogens is 407 g/mol. The number of ether oxygens (including phenoxy) is 1. The van der Waals surface area contributed by atoms with Gasteiger partial charge in [-0.25, -0.2) is 9.18 Å². The largest absolute Gasteiger partial charge is 0.462 e. The van der Waals surface area contributed by atoms with Gasteiger partial charge in [0, 0.05) is 29.4 Å². The van der Waals surface area contributed by atoms with Gasteiger partial charge >= 0.3 is 5.97 Å². The minimum atomic E-state index is -0.436. The van der Waals surface area contributed by atoms with Gasteiger partial charge in [0.25, 0.3) is 5.91 Å². The van der Waals surface area contributed by atoms with E-state index < -0.39 is 5.97 Å². The van der Waals surface area contributed by atoms with Crippen molar-refractivity contribution in [2.24, 2.45) is 5.92 Å². The number of anilines is 1. The number of piperidine rings is 1. The maximum absolute atomic E-state index is 13.1. The highest BCUT2D eigenvalue weighted by atomic mass is 32.1. The molecule has 0 bridgehead atoms. The van der Waals surface area contributed by atoms with Crippen molar-refractivity contribution in [2.75, 3.05) is 25.0 Å². The van der Waals surface area contributed by atoms with Crippen molar-refractivity contribution in [1.82, 2.24) is 4.90 Å². The lowest BCUT2D eigenvalue weighted by Gasteiger charge is -2.31. The quantitative estimate of drug-likeness (QED) is 0.720. The Labute approximate surface area is 179 Å². The Kier molecular flexibility index (Phi) is 6.87. The van der Waals surface area contributed by atoms with E-state index >= 15 is 0 Å². The highest BCUT2D eigenvalue weighted by Crippen LogP contribution is 2.34. The third-order valence-corrected chi connectivity index (χ3v) is 6.47. The van der Waals surface area contributed by atoms with Gasteiger partial charge in [-0.15, -0.1) is 11.3 Å². The van der Waals surface area contributed by atoms with Crippen molar-refractivity contribution in [3.8, 4) is 0 Å². The second kappa shape index (κ2) is 9.38. The van der Waals surface area contributed by atoms with Gasteiger partial charge in [0.05, 0.1) is 12.2 Å². The van der Waals surface area contributed by atoms with Gasteiger partial charge in [0.2, 0.25) is 5.91 Å². The fraction of sp³-hybridized carbons (Fsp3) is 0.409. The Morgan fingerprint density at radius 1 is 1.17 bits per heavy atom. The Morgan fingerprint density at radius 3 is 2.40 bits per heavy atom. The molecule has 1 aromatic heterocycles. The van der Waals surface area contributed by atoms with Crippen LogP contribution in [-0.2, 0) is 9.53 Å². The van der Waals surface area contributed by atoms with Crippen LogP contribution < -0.4 is 5.32 Å². The molecule has 3 rings (SSSR count). The van der Waals surface area contributed by atoms with Crippen LogP contribution in [0, 0.1) is 25.6 Å². The number of hydrogen-bond acceptors (Lipinski definition) is 5. The molecule has 1 saturated heterocycles. The molecule has 0 saturated carbocycles. The molecular formula is C22H25FN2O4S. The van der Waals surface area contributed by atoms with Gasteiger partial charge in [-0.1, -0.05) is 0 Å². The molecule has 2 heterocycles. The topological polar surface area (TPSA) is 75.7 Å². The summed E-state index contributed by atoms with van der Waals surface area (Å²) in [6.07, 6.45) is 1.05. The van der Waals surface area contributed by atoms with Crippen LogP contribution in [0.3, 0.4) is 0 Å². The first-order chi connectivity index (χ1) is 14.3. The normalized spacial score (nSPS) is 14.5. The van der Waals surface area contributed by atoms with E-state index in [1.807, 2.05) is 13.8 Å². The van der Waals surface area contributed by atoms with Crippen molar-refractivity contribution >= 4 is 34.1 Å². The van der Waals surface area contributed by atoms with Crippen molar-refractivity contribution in [3.05, 3.63) is 51.7 Å². The van der Waals surface area contributed by atoms with Crippen LogP contribution in [-0.4, -0.2) is 42.4 Å². The van der Waals surface area contributed by atoms with Crippen LogP contribution in [0.1, 0.15) is 50.9 Å². The summed E-state index contributed by atoms with van der Waals surface area (Å²) in [5.41, 5.74) is 1.66. The highest BCUT2D eigenvalue weighted by molar-refractivity contribution is 7.16. The predicted octanol–water partition coefficient (Wildman–Crippen LogP) is 4.17. The number of likely N-dealkylation sites (tertiary alicyclic amines) is 1. The summed E-state index contributed by atoms with van der Waals surface area (Å²) >= 11 is 1.36. The van der Waals surface area contributed by atoms with Gasteiger partial charge < -0.3 is 15.0 Å². The Morgan fingerprint density at radius 2 is 1.80 bits per heavy atom. The van der Waals surface area contributed by atoms with E-state index in [-0.39, 0.29) is 30.2 Å². The monoisotopic (exact) mass is 432 g/mol. The average Bonchev–Trinajstić information content (AvgIpc) is 3.01. The van der Waals surface area contributed by atoms with Crippen molar-refractivity contribution in [3.63, 3.8) is 0 Å². The van der Waals surface area contributed by atoms with E-state index in [2.05, 4.69) is 5.32 Å². The summed E-state index contributed by atoms with van der Waals surface area (Å²) in [5, 5.41) is 3.41. The molecule has 0 atom stereocenters. The maximum Gasteiger partial charge on any atom is 0.341 e. The van der Waals surface area contributed by atoms with E-state index in [4.69, 9.17) is 4.74 Å². The average molecular weight is 433 g/mol. The highest BCUT2D eigenvalue weighted by Gasteiger charge is 2.30. The number of carbonyl (C=O) groups excluding carboxylic acids is 3. The number of amides is 2. The minimum absolute atomic E-state index is 0.157. The van der Waals surface area contributed by atoms with Gasteiger partial charge in [-0.3, -0.25) is 9.59 Å². The second-order valence-electron chi connectivity index (χ2n) is 7.27. The lowest BCUT2D eigenvalue weighted by molar-refractivity contribution is -0.121. The third kappa shape index (κ3) is 4.70. The maximum atomic E-state index is 13.1. The minimum Gasteiger partial charge on any atom is -0.462 e. The number of rotatable bonds is 5. The number of carbonyl (C=O) groups is 3. The molecule has 1 fully saturated rings. The SMILES string of the molecule is CCOC(=O)c1c(NC(=O)C2CCN(C(=O)c3ccc(F)cc3)CC2)sc(C)c1C. The van der Waals surface area contributed by atoms with E-state index in [1.165, 1.54) is 35.6 Å². The molecule has 1 N–H and O–H groups in total. The Bertz CT molecular complexity index is 947. The molecule has 0 aliphatic carbocycles. The number of hydrogen-bond donors (Lipinski definition) is 1. The van der Waals surface area contributed by atoms with Crippen LogP contribution in [0.4, 0.5) is 9.39 Å². The second-order valence-corrected chi connectivity index (χ2v) is 8.50. The van der Waals surface area contributed by atoms with Crippen LogP contribution in [0.15, 0.2) is 24.3 Å². The molecule has 2 aromatic rings. The van der Waals surface area contributed by atoms with Crippen LogP contribution >= 0.6 is 11.3 Å². The van der Waals surface area contributed by atoms with Crippen molar-refractivity contribution in [1.29, 1.82) is 0 Å². The summed E-state index contributed by atoms with van der Waals surface area (Å²) in [6.45, 7) is 6.64. The lowest BCUT2D eigenvalue weighted by Crippen LogP contribution is -2.41. The predicted molar refractivity (Wildman–Crippen MR) is 113 cm³/mol. The number of nitrogens with one attached hydrogen (secondary N) is 1. The zero-order chi connectivity index (χ0) is 21.8. The molecule has 0 radical (unpaired) electrons. The molecule has 0 spiro atoms.